The van der Waals surface area contributed by atoms with Crippen LogP contribution in [0.4, 0.5) is 8.78 Å². The number of nitrogens with one attached hydrogen (secondary N) is 1. The van der Waals surface area contributed by atoms with Crippen LogP contribution in [0.15, 0.2) is 18.2 Å². The number of morpholine rings is 1. The number of carboxylic acids is 1. The van der Waals surface area contributed by atoms with Gasteiger partial charge in [0.25, 0.3) is 0 Å². The van der Waals surface area contributed by atoms with Crippen molar-refractivity contribution < 1.29 is 33.0 Å². The van der Waals surface area contributed by atoms with E-state index in [1.54, 1.807) is 0 Å². The summed E-state index contributed by atoms with van der Waals surface area (Å²) in [7, 11) is 0. The largest absolute Gasteiger partial charge is 0.479 e. The van der Waals surface area contributed by atoms with Gasteiger partial charge >= 0.3 is 5.97 Å². The van der Waals surface area contributed by atoms with Crippen molar-refractivity contribution in [2.24, 2.45) is 0 Å². The maximum Gasteiger partial charge on any atom is 0.334 e. The van der Waals surface area contributed by atoms with Gasteiger partial charge in [-0.2, -0.15) is 0 Å². The Morgan fingerprint density at radius 3 is 2.56 bits per heavy atom. The number of rotatable bonds is 5. The predicted molar refractivity (Wildman–Crippen MR) is 81.5 cm³/mol. The van der Waals surface area contributed by atoms with E-state index in [-0.39, 0.29) is 19.7 Å². The number of benzene rings is 1. The molecule has 1 aromatic rings. The second kappa shape index (κ2) is 8.02. The van der Waals surface area contributed by atoms with Gasteiger partial charge in [0.05, 0.1) is 25.6 Å². The average molecular weight is 356 g/mol. The number of halogens is 2. The van der Waals surface area contributed by atoms with Crippen molar-refractivity contribution >= 4 is 17.8 Å². The molecule has 25 heavy (non-hydrogen) atoms. The van der Waals surface area contributed by atoms with Crippen LogP contribution in [-0.4, -0.2) is 53.6 Å². The molecule has 136 valence electrons. The first-order valence-electron chi connectivity index (χ1n) is 7.62. The van der Waals surface area contributed by atoms with Gasteiger partial charge in [-0.1, -0.05) is 6.07 Å². The molecule has 2 rings (SSSR count). The lowest BCUT2D eigenvalue weighted by Crippen LogP contribution is -2.49. The lowest BCUT2D eigenvalue weighted by molar-refractivity contribution is -0.159. The number of hydrogen-bond donors (Lipinski definition) is 2. The van der Waals surface area contributed by atoms with Crippen molar-refractivity contribution in [1.82, 2.24) is 10.2 Å². The number of carbonyl (C=O) groups excluding carboxylic acids is 2. The van der Waals surface area contributed by atoms with Gasteiger partial charge in [-0.15, -0.1) is 0 Å². The fraction of sp³-hybridized carbons (Fsp3) is 0.438. The molecule has 0 saturated carbocycles. The molecule has 7 nitrogen and oxygen atoms in total. The molecule has 0 aromatic heterocycles. The van der Waals surface area contributed by atoms with Crippen molar-refractivity contribution in [2.45, 2.75) is 25.5 Å². The molecule has 1 saturated heterocycles. The first-order valence-corrected chi connectivity index (χ1v) is 7.62. The van der Waals surface area contributed by atoms with Crippen molar-refractivity contribution in [3.05, 3.63) is 35.4 Å². The molecule has 0 radical (unpaired) electrons. The summed E-state index contributed by atoms with van der Waals surface area (Å²) in [4.78, 5) is 36.0. The third-order valence-electron chi connectivity index (χ3n) is 3.80. The zero-order valence-corrected chi connectivity index (χ0v) is 13.5. The number of ether oxygens (including phenoxy) is 1. The number of hydrogen-bond acceptors (Lipinski definition) is 4. The Balaban J connectivity index is 2.18. The van der Waals surface area contributed by atoms with E-state index in [2.05, 4.69) is 5.32 Å². The highest BCUT2D eigenvalue weighted by atomic mass is 19.1. The molecule has 2 N–H and O–H groups in total. The minimum Gasteiger partial charge on any atom is -0.479 e. The summed E-state index contributed by atoms with van der Waals surface area (Å²) in [6.07, 6.45) is -1.55. The molecule has 2 amide bonds. The van der Waals surface area contributed by atoms with Crippen LogP contribution in [0.2, 0.25) is 0 Å². The highest BCUT2D eigenvalue weighted by Gasteiger charge is 2.31. The van der Waals surface area contributed by atoms with Crippen LogP contribution < -0.4 is 5.32 Å². The van der Waals surface area contributed by atoms with Crippen LogP contribution in [0, 0.1) is 11.6 Å². The van der Waals surface area contributed by atoms with Crippen molar-refractivity contribution in [2.75, 3.05) is 19.7 Å². The number of nitrogens with zero attached hydrogens (tertiary/aromatic N) is 1. The minimum atomic E-state index is -1.20. The minimum absolute atomic E-state index is 0.0432. The maximum absolute atomic E-state index is 14.0. The summed E-state index contributed by atoms with van der Waals surface area (Å²) >= 11 is 0. The van der Waals surface area contributed by atoms with Crippen LogP contribution in [-0.2, 0) is 19.1 Å². The average Bonchev–Trinajstić information content (AvgIpc) is 2.54. The van der Waals surface area contributed by atoms with Crippen molar-refractivity contribution in [3.8, 4) is 0 Å². The molecule has 0 unspecified atom stereocenters. The van der Waals surface area contributed by atoms with Gasteiger partial charge in [-0.3, -0.25) is 9.59 Å². The van der Waals surface area contributed by atoms with E-state index in [9.17, 15) is 23.2 Å². The highest BCUT2D eigenvalue weighted by Crippen LogP contribution is 2.24. The van der Waals surface area contributed by atoms with Gasteiger partial charge in [0.15, 0.2) is 6.10 Å². The van der Waals surface area contributed by atoms with Crippen molar-refractivity contribution in [1.29, 1.82) is 0 Å². The van der Waals surface area contributed by atoms with Crippen molar-refractivity contribution in [3.63, 3.8) is 0 Å². The Morgan fingerprint density at radius 2 is 2.00 bits per heavy atom. The number of amides is 2. The second-order valence-corrected chi connectivity index (χ2v) is 5.63. The Hall–Kier alpha value is -2.55. The normalized spacial score (nSPS) is 18.5. The fourth-order valence-electron chi connectivity index (χ4n) is 2.64. The third-order valence-corrected chi connectivity index (χ3v) is 3.80. The van der Waals surface area contributed by atoms with E-state index in [0.29, 0.717) is 0 Å². The molecule has 0 bridgehead atoms. The van der Waals surface area contributed by atoms with Gasteiger partial charge in [0.2, 0.25) is 11.8 Å². The summed E-state index contributed by atoms with van der Waals surface area (Å²) in [5, 5.41) is 11.3. The fourth-order valence-corrected chi connectivity index (χ4v) is 2.64. The zero-order valence-electron chi connectivity index (χ0n) is 13.5. The van der Waals surface area contributed by atoms with E-state index in [0.717, 1.165) is 12.1 Å². The van der Waals surface area contributed by atoms with Crippen LogP contribution in [0.25, 0.3) is 0 Å². The third kappa shape index (κ3) is 4.72. The quantitative estimate of drug-likeness (QED) is 0.815. The highest BCUT2D eigenvalue weighted by molar-refractivity contribution is 5.80. The molecule has 1 aliphatic heterocycles. The molecule has 0 spiro atoms. The molecular weight excluding hydrogens is 338 g/mol. The van der Waals surface area contributed by atoms with Crippen LogP contribution >= 0.6 is 0 Å². The van der Waals surface area contributed by atoms with Crippen LogP contribution in [0.1, 0.15) is 24.9 Å². The predicted octanol–water partition coefficient (Wildman–Crippen LogP) is 0.844. The maximum atomic E-state index is 14.0. The molecule has 1 fully saturated rings. The molecule has 1 aromatic carbocycles. The topological polar surface area (TPSA) is 95.9 Å². The number of carbonyl (C=O) groups is 3. The Labute approximate surface area is 142 Å². The van der Waals surface area contributed by atoms with Gasteiger partial charge in [0, 0.05) is 19.0 Å². The first-order chi connectivity index (χ1) is 11.8. The molecule has 9 heteroatoms. The number of carboxylic acid groups (broad SMARTS) is 1. The van der Waals surface area contributed by atoms with Crippen LogP contribution in [0.3, 0.4) is 0 Å². The molecule has 1 aliphatic rings. The molecule has 2 atom stereocenters. The number of aliphatic carboxylic acids is 1. The summed E-state index contributed by atoms with van der Waals surface area (Å²) in [6.45, 7) is 1.21. The molecule has 0 aliphatic carbocycles. The van der Waals surface area contributed by atoms with E-state index in [1.165, 1.54) is 17.9 Å². The zero-order chi connectivity index (χ0) is 18.6. The van der Waals surface area contributed by atoms with Gasteiger partial charge in [-0.05, 0) is 12.1 Å². The summed E-state index contributed by atoms with van der Waals surface area (Å²) < 4.78 is 33.0. The second-order valence-electron chi connectivity index (χ2n) is 5.63. The van der Waals surface area contributed by atoms with Gasteiger partial charge < -0.3 is 20.1 Å². The summed E-state index contributed by atoms with van der Waals surface area (Å²) in [6, 6.07) is 2.05. The van der Waals surface area contributed by atoms with E-state index in [4.69, 9.17) is 9.84 Å². The lowest BCUT2D eigenvalue weighted by atomic mass is 10.0. The summed E-state index contributed by atoms with van der Waals surface area (Å²) in [5.41, 5.74) is -0.408. The standard InChI is InChI=1S/C16H18F2N2O5/c1-9(21)19-12(15-10(17)3-2-4-11(15)18)7-14(22)20-5-6-25-13(8-20)16(23)24/h2-4,12-13H,5-8H2,1H3,(H,19,21)(H,23,24)/t12-,13+/m0/s1. The first kappa shape index (κ1) is 18.8. The SMILES string of the molecule is CC(=O)N[C@@H](CC(=O)N1CCO[C@@H](C(=O)O)C1)c1c(F)cccc1F. The van der Waals surface area contributed by atoms with Crippen LogP contribution in [0.5, 0.6) is 0 Å². The van der Waals surface area contributed by atoms with E-state index >= 15 is 0 Å². The lowest BCUT2D eigenvalue weighted by Gasteiger charge is -2.32. The Morgan fingerprint density at radius 1 is 1.36 bits per heavy atom. The van der Waals surface area contributed by atoms with E-state index < -0.39 is 53.5 Å². The Kier molecular flexibility index (Phi) is 6.02. The van der Waals surface area contributed by atoms with E-state index in [1.807, 2.05) is 0 Å². The Bertz CT molecular complexity index is 662. The smallest absolute Gasteiger partial charge is 0.334 e. The molecule has 1 heterocycles. The summed E-state index contributed by atoms with van der Waals surface area (Å²) in [5.74, 6) is -4.04. The molecular formula is C16H18F2N2O5. The van der Waals surface area contributed by atoms with Gasteiger partial charge in [-0.25, -0.2) is 13.6 Å². The monoisotopic (exact) mass is 356 g/mol. The van der Waals surface area contributed by atoms with Gasteiger partial charge in [0.1, 0.15) is 11.6 Å².